The first-order valence-electron chi connectivity index (χ1n) is 7.69. The van der Waals surface area contributed by atoms with E-state index in [1.807, 2.05) is 6.92 Å². The average Bonchev–Trinajstić information content (AvgIpc) is 2.79. The molecule has 0 aromatic carbocycles. The Morgan fingerprint density at radius 1 is 1.45 bits per heavy atom. The van der Waals surface area contributed by atoms with Gasteiger partial charge in [-0.2, -0.15) is 0 Å². The van der Waals surface area contributed by atoms with Crippen molar-refractivity contribution in [3.8, 4) is 0 Å². The van der Waals surface area contributed by atoms with E-state index >= 15 is 0 Å². The van der Waals surface area contributed by atoms with E-state index in [9.17, 15) is 10.2 Å². The Kier molecular flexibility index (Phi) is 7.99. The minimum Gasteiger partial charge on any atom is -0.389 e. The van der Waals surface area contributed by atoms with Crippen LogP contribution in [0.1, 0.15) is 40.0 Å². The Hall–Kier alpha value is -0.200. The summed E-state index contributed by atoms with van der Waals surface area (Å²) in [7, 11) is 0. The van der Waals surface area contributed by atoms with Crippen LogP contribution in [0.3, 0.4) is 0 Å². The molecule has 120 valence electrons. The van der Waals surface area contributed by atoms with Gasteiger partial charge in [-0.05, 0) is 32.1 Å². The zero-order valence-corrected chi connectivity index (χ0v) is 13.1. The Labute approximate surface area is 122 Å². The van der Waals surface area contributed by atoms with Crippen molar-refractivity contribution >= 4 is 0 Å². The number of hydrogen-bond donors (Lipinski definition) is 3. The summed E-state index contributed by atoms with van der Waals surface area (Å²) < 4.78 is 10.9. The highest BCUT2D eigenvalue weighted by Gasteiger charge is 2.21. The maximum atomic E-state index is 10.1. The highest BCUT2D eigenvalue weighted by Crippen LogP contribution is 2.15. The maximum absolute atomic E-state index is 10.1. The van der Waals surface area contributed by atoms with Crippen LogP contribution in [0.25, 0.3) is 0 Å². The molecule has 0 radical (unpaired) electrons. The zero-order valence-electron chi connectivity index (χ0n) is 13.1. The minimum atomic E-state index is -0.730. The van der Waals surface area contributed by atoms with Crippen LogP contribution in [0, 0.1) is 5.92 Å². The lowest BCUT2D eigenvalue weighted by molar-refractivity contribution is -0.0188. The molecule has 3 unspecified atom stereocenters. The topological polar surface area (TPSA) is 71.0 Å². The molecule has 0 aromatic heterocycles. The quantitative estimate of drug-likeness (QED) is 0.558. The molecule has 0 aliphatic carbocycles. The Morgan fingerprint density at radius 3 is 2.80 bits per heavy atom. The molecule has 1 saturated heterocycles. The van der Waals surface area contributed by atoms with Crippen LogP contribution < -0.4 is 5.32 Å². The van der Waals surface area contributed by atoms with E-state index in [0.717, 1.165) is 25.9 Å². The molecule has 5 heteroatoms. The van der Waals surface area contributed by atoms with E-state index in [4.69, 9.17) is 9.47 Å². The Morgan fingerprint density at radius 2 is 2.20 bits per heavy atom. The van der Waals surface area contributed by atoms with E-state index in [1.54, 1.807) is 0 Å². The van der Waals surface area contributed by atoms with Crippen LogP contribution in [0.15, 0.2) is 0 Å². The second-order valence-corrected chi connectivity index (χ2v) is 6.55. The van der Waals surface area contributed by atoms with Crippen molar-refractivity contribution in [2.24, 2.45) is 5.92 Å². The van der Waals surface area contributed by atoms with Crippen molar-refractivity contribution in [1.29, 1.82) is 0 Å². The number of rotatable bonds is 10. The molecule has 20 heavy (non-hydrogen) atoms. The summed E-state index contributed by atoms with van der Waals surface area (Å²) in [5, 5.41) is 23.0. The van der Waals surface area contributed by atoms with Gasteiger partial charge in [0.05, 0.1) is 31.0 Å². The zero-order chi connectivity index (χ0) is 15.0. The molecule has 3 atom stereocenters. The van der Waals surface area contributed by atoms with Crippen LogP contribution in [0.4, 0.5) is 0 Å². The number of aliphatic hydroxyl groups is 2. The van der Waals surface area contributed by atoms with Gasteiger partial charge in [0.25, 0.3) is 0 Å². The first kappa shape index (κ1) is 17.9. The second-order valence-electron chi connectivity index (χ2n) is 6.55. The normalized spacial score (nSPS) is 24.0. The summed E-state index contributed by atoms with van der Waals surface area (Å²) in [5.41, 5.74) is -0.730. The fraction of sp³-hybridized carbons (Fsp3) is 1.00. The van der Waals surface area contributed by atoms with E-state index in [0.29, 0.717) is 32.2 Å². The molecule has 0 bridgehead atoms. The molecule has 1 aliphatic heterocycles. The second kappa shape index (κ2) is 8.95. The highest BCUT2D eigenvalue weighted by molar-refractivity contribution is 4.77. The van der Waals surface area contributed by atoms with Gasteiger partial charge >= 0.3 is 0 Å². The number of ether oxygens (including phenoxy) is 2. The molecule has 0 saturated carbocycles. The molecule has 5 nitrogen and oxygen atoms in total. The van der Waals surface area contributed by atoms with Gasteiger partial charge < -0.3 is 25.0 Å². The lowest BCUT2D eigenvalue weighted by Gasteiger charge is -2.26. The molecule has 0 amide bonds. The monoisotopic (exact) mass is 289 g/mol. The van der Waals surface area contributed by atoms with Gasteiger partial charge in [0.15, 0.2) is 0 Å². The summed E-state index contributed by atoms with van der Waals surface area (Å²) in [6.07, 6.45) is 2.54. The number of hydrogen-bond acceptors (Lipinski definition) is 5. The molecule has 1 fully saturated rings. The third-order valence-electron chi connectivity index (χ3n) is 3.37. The predicted octanol–water partition coefficient (Wildman–Crippen LogP) is 0.930. The maximum Gasteiger partial charge on any atom is 0.0897 e. The summed E-state index contributed by atoms with van der Waals surface area (Å²) in [5.74, 6) is 0.450. The first-order chi connectivity index (χ1) is 9.39. The smallest absolute Gasteiger partial charge is 0.0897 e. The van der Waals surface area contributed by atoms with Crippen LogP contribution in [-0.4, -0.2) is 60.9 Å². The molecular weight excluding hydrogens is 258 g/mol. The molecule has 0 aromatic rings. The number of aliphatic hydroxyl groups excluding tert-OH is 1. The largest absolute Gasteiger partial charge is 0.389 e. The lowest BCUT2D eigenvalue weighted by Crippen LogP contribution is -2.42. The van der Waals surface area contributed by atoms with Gasteiger partial charge in [0.1, 0.15) is 0 Å². The van der Waals surface area contributed by atoms with Crippen LogP contribution >= 0.6 is 0 Å². The van der Waals surface area contributed by atoms with Gasteiger partial charge in [-0.1, -0.05) is 13.8 Å². The fourth-order valence-electron chi connectivity index (χ4n) is 2.63. The minimum absolute atomic E-state index is 0.196. The molecular formula is C15H31NO4. The molecule has 1 aliphatic rings. The Bertz CT molecular complexity index is 252. The van der Waals surface area contributed by atoms with Crippen molar-refractivity contribution in [2.75, 3.05) is 32.9 Å². The van der Waals surface area contributed by atoms with Crippen LogP contribution in [-0.2, 0) is 9.47 Å². The van der Waals surface area contributed by atoms with Gasteiger partial charge in [0.2, 0.25) is 0 Å². The third kappa shape index (κ3) is 8.17. The molecule has 1 heterocycles. The van der Waals surface area contributed by atoms with Crippen molar-refractivity contribution in [3.05, 3.63) is 0 Å². The van der Waals surface area contributed by atoms with Gasteiger partial charge in [-0.3, -0.25) is 0 Å². The van der Waals surface area contributed by atoms with Crippen molar-refractivity contribution in [2.45, 2.75) is 57.8 Å². The van der Waals surface area contributed by atoms with Crippen molar-refractivity contribution in [3.63, 3.8) is 0 Å². The van der Waals surface area contributed by atoms with Gasteiger partial charge in [-0.15, -0.1) is 0 Å². The average molecular weight is 289 g/mol. The van der Waals surface area contributed by atoms with Gasteiger partial charge in [0, 0.05) is 19.7 Å². The third-order valence-corrected chi connectivity index (χ3v) is 3.37. The standard InChI is InChI=1S/C15H31NO4/c1-12(2)7-15(3,18)11-16-8-13(17)9-19-10-14-5-4-6-20-14/h12-14,16-18H,4-11H2,1-3H3. The van der Waals surface area contributed by atoms with Crippen molar-refractivity contribution in [1.82, 2.24) is 5.32 Å². The van der Waals surface area contributed by atoms with E-state index in [1.165, 1.54) is 0 Å². The van der Waals surface area contributed by atoms with Gasteiger partial charge in [-0.25, -0.2) is 0 Å². The summed E-state index contributed by atoms with van der Waals surface area (Å²) in [6.45, 7) is 8.59. The summed E-state index contributed by atoms with van der Waals surface area (Å²) in [4.78, 5) is 0. The van der Waals surface area contributed by atoms with Crippen molar-refractivity contribution < 1.29 is 19.7 Å². The van der Waals surface area contributed by atoms with E-state index in [2.05, 4.69) is 19.2 Å². The predicted molar refractivity (Wildman–Crippen MR) is 78.7 cm³/mol. The summed E-state index contributed by atoms with van der Waals surface area (Å²) >= 11 is 0. The lowest BCUT2D eigenvalue weighted by atomic mass is 9.94. The first-order valence-corrected chi connectivity index (χ1v) is 7.69. The highest BCUT2D eigenvalue weighted by atomic mass is 16.5. The van der Waals surface area contributed by atoms with E-state index in [-0.39, 0.29) is 6.10 Å². The Balaban J connectivity index is 2.02. The molecule has 0 spiro atoms. The fourth-order valence-corrected chi connectivity index (χ4v) is 2.63. The molecule has 3 N–H and O–H groups in total. The van der Waals surface area contributed by atoms with Crippen LogP contribution in [0.5, 0.6) is 0 Å². The van der Waals surface area contributed by atoms with Crippen LogP contribution in [0.2, 0.25) is 0 Å². The molecule has 1 rings (SSSR count). The SMILES string of the molecule is CC(C)CC(C)(O)CNCC(O)COCC1CCCO1. The number of nitrogens with one attached hydrogen (secondary N) is 1. The van der Waals surface area contributed by atoms with E-state index < -0.39 is 11.7 Å². The summed E-state index contributed by atoms with van der Waals surface area (Å²) in [6, 6.07) is 0.